The summed E-state index contributed by atoms with van der Waals surface area (Å²) in [5.41, 5.74) is 3.89. The predicted molar refractivity (Wildman–Crippen MR) is 136 cm³/mol. The number of methoxy groups -OCH3 is 1. The summed E-state index contributed by atoms with van der Waals surface area (Å²) >= 11 is 0. The first kappa shape index (κ1) is 22.5. The molecule has 0 aliphatic carbocycles. The van der Waals surface area contributed by atoms with Crippen LogP contribution in [-0.4, -0.2) is 63.4 Å². The number of benzene rings is 2. The van der Waals surface area contributed by atoms with E-state index in [0.717, 1.165) is 74.5 Å². The number of rotatable bonds is 4. The molecule has 1 aromatic heterocycles. The van der Waals surface area contributed by atoms with Gasteiger partial charge in [0.25, 0.3) is 0 Å². The molecule has 0 radical (unpaired) electrons. The Bertz CT molecular complexity index is 1270. The normalized spacial score (nSPS) is 17.5. The number of nitrogens with one attached hydrogen (secondary N) is 1. The zero-order valence-electron chi connectivity index (χ0n) is 19.8. The molecule has 2 aliphatic heterocycles. The van der Waals surface area contributed by atoms with Gasteiger partial charge >= 0.3 is 0 Å². The van der Waals surface area contributed by atoms with Crippen LogP contribution in [0.2, 0.25) is 0 Å². The van der Waals surface area contributed by atoms with Gasteiger partial charge < -0.3 is 29.4 Å². The van der Waals surface area contributed by atoms with Crippen LogP contribution in [0.4, 0.5) is 5.69 Å². The topological polar surface area (TPSA) is 78.2 Å². The van der Waals surface area contributed by atoms with E-state index in [9.17, 15) is 9.90 Å². The number of nitrogens with zero attached hydrogens (tertiary/aromatic N) is 2. The van der Waals surface area contributed by atoms with Gasteiger partial charge in [0.2, 0.25) is 0 Å². The molecule has 3 aromatic rings. The first-order valence-electron chi connectivity index (χ1n) is 11.9. The molecule has 0 atom stereocenters. The van der Waals surface area contributed by atoms with Crippen molar-refractivity contribution in [3.8, 4) is 22.8 Å². The largest absolute Gasteiger partial charge is 0.507 e. The Balaban J connectivity index is 1.60. The second-order valence-corrected chi connectivity index (χ2v) is 9.03. The van der Waals surface area contributed by atoms with Gasteiger partial charge in [-0.1, -0.05) is 6.08 Å². The first-order valence-corrected chi connectivity index (χ1v) is 11.9. The highest BCUT2D eigenvalue weighted by Gasteiger charge is 2.23. The summed E-state index contributed by atoms with van der Waals surface area (Å²) in [7, 11) is 3.64. The molecule has 2 N–H and O–H groups in total. The van der Waals surface area contributed by atoms with Gasteiger partial charge in [-0.05, 0) is 56.3 Å². The molecule has 34 heavy (non-hydrogen) atoms. The molecule has 1 fully saturated rings. The molecule has 1 saturated heterocycles. The molecular formula is C27H31N3O4. The van der Waals surface area contributed by atoms with Gasteiger partial charge in [0.1, 0.15) is 22.6 Å². The second-order valence-electron chi connectivity index (χ2n) is 9.03. The zero-order valence-corrected chi connectivity index (χ0v) is 19.8. The highest BCUT2D eigenvalue weighted by Crippen LogP contribution is 2.41. The van der Waals surface area contributed by atoms with E-state index in [1.165, 1.54) is 12.1 Å². The van der Waals surface area contributed by atoms with Crippen molar-refractivity contribution in [2.45, 2.75) is 12.8 Å². The molecule has 0 spiro atoms. The van der Waals surface area contributed by atoms with Crippen molar-refractivity contribution in [2.75, 3.05) is 58.3 Å². The van der Waals surface area contributed by atoms with E-state index in [2.05, 4.69) is 40.4 Å². The third-order valence-corrected chi connectivity index (χ3v) is 6.76. The molecule has 7 heteroatoms. The lowest BCUT2D eigenvalue weighted by molar-refractivity contribution is 0.368. The van der Waals surface area contributed by atoms with Crippen molar-refractivity contribution >= 4 is 22.2 Å². The molecular weight excluding hydrogens is 430 g/mol. The summed E-state index contributed by atoms with van der Waals surface area (Å²) in [5, 5.41) is 14.2. The Labute approximate surface area is 199 Å². The lowest BCUT2D eigenvalue weighted by Gasteiger charge is -2.24. The van der Waals surface area contributed by atoms with Crippen LogP contribution in [-0.2, 0) is 0 Å². The SMILES string of the molecule is COc1cc(O)c2c(=O)cc(-c3ccc(N4CCCNCC4)cc3)oc2c1C1=CCN(C)CC1. The highest BCUT2D eigenvalue weighted by molar-refractivity contribution is 5.97. The number of ether oxygens (including phenoxy) is 1. The third-order valence-electron chi connectivity index (χ3n) is 6.76. The number of fused-ring (bicyclic) bond motifs is 1. The Morgan fingerprint density at radius 1 is 1.09 bits per heavy atom. The van der Waals surface area contributed by atoms with Crippen molar-refractivity contribution in [3.63, 3.8) is 0 Å². The Morgan fingerprint density at radius 2 is 1.91 bits per heavy atom. The van der Waals surface area contributed by atoms with E-state index in [-0.39, 0.29) is 16.6 Å². The van der Waals surface area contributed by atoms with Crippen molar-refractivity contribution in [2.24, 2.45) is 0 Å². The minimum atomic E-state index is -0.270. The van der Waals surface area contributed by atoms with E-state index in [4.69, 9.17) is 9.15 Å². The molecule has 7 nitrogen and oxygen atoms in total. The van der Waals surface area contributed by atoms with E-state index in [1.54, 1.807) is 7.11 Å². The van der Waals surface area contributed by atoms with E-state index in [1.807, 2.05) is 12.1 Å². The molecule has 0 unspecified atom stereocenters. The molecule has 2 aromatic carbocycles. The van der Waals surface area contributed by atoms with Gasteiger partial charge in [0.15, 0.2) is 11.0 Å². The number of hydrogen-bond donors (Lipinski definition) is 2. The number of phenolic OH excluding ortho intramolecular Hbond substituents is 1. The van der Waals surface area contributed by atoms with Crippen LogP contribution >= 0.6 is 0 Å². The summed E-state index contributed by atoms with van der Waals surface area (Å²) in [4.78, 5) is 17.7. The number of hydrogen-bond acceptors (Lipinski definition) is 7. The molecule has 5 rings (SSSR count). The summed E-state index contributed by atoms with van der Waals surface area (Å²) in [6.07, 6.45) is 4.05. The van der Waals surface area contributed by atoms with Crippen molar-refractivity contribution in [3.05, 3.63) is 58.3 Å². The van der Waals surface area contributed by atoms with Crippen LogP contribution < -0.4 is 20.4 Å². The number of anilines is 1. The van der Waals surface area contributed by atoms with Crippen LogP contribution in [0.25, 0.3) is 27.9 Å². The molecule has 0 bridgehead atoms. The maximum absolute atomic E-state index is 13.1. The lowest BCUT2D eigenvalue weighted by Crippen LogP contribution is -2.27. The third kappa shape index (κ3) is 4.29. The zero-order chi connectivity index (χ0) is 23.7. The fourth-order valence-electron chi connectivity index (χ4n) is 4.84. The van der Waals surface area contributed by atoms with Crippen LogP contribution in [0.5, 0.6) is 11.5 Å². The maximum atomic E-state index is 13.1. The Hall–Kier alpha value is -3.29. The summed E-state index contributed by atoms with van der Waals surface area (Å²) in [6, 6.07) is 11.1. The molecule has 0 amide bonds. The maximum Gasteiger partial charge on any atom is 0.197 e. The van der Waals surface area contributed by atoms with E-state index >= 15 is 0 Å². The van der Waals surface area contributed by atoms with Gasteiger partial charge in [-0.3, -0.25) is 4.79 Å². The molecule has 2 aliphatic rings. The van der Waals surface area contributed by atoms with Crippen molar-refractivity contribution < 1.29 is 14.3 Å². The average Bonchev–Trinajstić information content (AvgIpc) is 3.14. The van der Waals surface area contributed by atoms with E-state index in [0.29, 0.717) is 17.1 Å². The van der Waals surface area contributed by atoms with Gasteiger partial charge in [-0.15, -0.1) is 0 Å². The van der Waals surface area contributed by atoms with Crippen molar-refractivity contribution in [1.29, 1.82) is 0 Å². The molecule has 0 saturated carbocycles. The molecule has 178 valence electrons. The Kier molecular flexibility index (Phi) is 6.30. The highest BCUT2D eigenvalue weighted by atomic mass is 16.5. The van der Waals surface area contributed by atoms with Crippen LogP contribution in [0.1, 0.15) is 18.4 Å². The second kappa shape index (κ2) is 9.52. The van der Waals surface area contributed by atoms with Gasteiger partial charge in [0.05, 0.1) is 12.7 Å². The van der Waals surface area contributed by atoms with Crippen LogP contribution in [0, 0.1) is 0 Å². The van der Waals surface area contributed by atoms with Crippen LogP contribution in [0.3, 0.4) is 0 Å². The molecule has 3 heterocycles. The van der Waals surface area contributed by atoms with Crippen molar-refractivity contribution in [1.82, 2.24) is 10.2 Å². The lowest BCUT2D eigenvalue weighted by atomic mass is 9.95. The first-order chi connectivity index (χ1) is 16.5. The monoisotopic (exact) mass is 461 g/mol. The minimum Gasteiger partial charge on any atom is -0.507 e. The minimum absolute atomic E-state index is 0.130. The quantitative estimate of drug-likeness (QED) is 0.614. The standard InChI is InChI=1S/C27H31N3O4/c1-29-13-8-19(9-14-29)25-24(33-2)17-22(32)26-21(31)16-23(34-27(25)26)18-4-6-20(7-5-18)30-12-3-10-28-11-15-30/h4-8,16-17,28,32H,3,9-15H2,1-2H3. The summed E-state index contributed by atoms with van der Waals surface area (Å²) < 4.78 is 12.0. The Morgan fingerprint density at radius 3 is 2.65 bits per heavy atom. The smallest absolute Gasteiger partial charge is 0.197 e. The number of likely N-dealkylation sites (N-methyl/N-ethyl adjacent to an activating group) is 1. The number of phenols is 1. The van der Waals surface area contributed by atoms with Crippen LogP contribution in [0.15, 0.2) is 51.7 Å². The average molecular weight is 462 g/mol. The van der Waals surface area contributed by atoms with E-state index < -0.39 is 0 Å². The van der Waals surface area contributed by atoms with Gasteiger partial charge in [-0.2, -0.15) is 0 Å². The summed E-state index contributed by atoms with van der Waals surface area (Å²) in [5.74, 6) is 0.852. The predicted octanol–water partition coefficient (Wildman–Crippen LogP) is 3.69. The van der Waals surface area contributed by atoms with Gasteiger partial charge in [0, 0.05) is 56.1 Å². The fraction of sp³-hybridized carbons (Fsp3) is 0.370. The summed E-state index contributed by atoms with van der Waals surface area (Å²) in [6.45, 7) is 5.71. The number of aromatic hydroxyl groups is 1. The fourth-order valence-corrected chi connectivity index (χ4v) is 4.84. The van der Waals surface area contributed by atoms with Gasteiger partial charge in [-0.25, -0.2) is 0 Å².